The van der Waals surface area contributed by atoms with Gasteiger partial charge in [-0.05, 0) is 55.9 Å². The number of nitrogens with zero attached hydrogens (tertiary/aromatic N) is 2. The first kappa shape index (κ1) is 23.5. The number of carbonyl (C=O) groups excluding carboxylic acids is 1. The Kier molecular flexibility index (Phi) is 6.89. The van der Waals surface area contributed by atoms with E-state index in [-0.39, 0.29) is 35.3 Å². The fourth-order valence-corrected chi connectivity index (χ4v) is 6.47. The summed E-state index contributed by atoms with van der Waals surface area (Å²) in [6.45, 7) is 7.09. The number of hydrogen-bond donors (Lipinski definition) is 1. The summed E-state index contributed by atoms with van der Waals surface area (Å²) >= 11 is 0. The number of furan rings is 1. The van der Waals surface area contributed by atoms with E-state index < -0.39 is 26.0 Å². The Balaban J connectivity index is 1.84. The highest BCUT2D eigenvalue weighted by molar-refractivity contribution is 7.94. The van der Waals surface area contributed by atoms with Crippen LogP contribution in [-0.2, 0) is 24.8 Å². The molecule has 1 amide bonds. The van der Waals surface area contributed by atoms with Gasteiger partial charge in [0.25, 0.3) is 0 Å². The van der Waals surface area contributed by atoms with E-state index in [0.29, 0.717) is 11.3 Å². The molecule has 0 spiro atoms. The van der Waals surface area contributed by atoms with Gasteiger partial charge >= 0.3 is 0 Å². The molecule has 31 heavy (non-hydrogen) atoms. The SMILES string of the molecule is CCN(CC)C(CNS(=O)(=O)c1ccc(N2C(=O)CCS2(=O)=O)cc1C)c1ccco1. The summed E-state index contributed by atoms with van der Waals surface area (Å²) < 4.78 is 59.2. The summed E-state index contributed by atoms with van der Waals surface area (Å²) in [6, 6.07) is 7.38. The lowest BCUT2D eigenvalue weighted by Crippen LogP contribution is -2.38. The molecular formula is C20H27N3O6S2. The highest BCUT2D eigenvalue weighted by Gasteiger charge is 2.36. The molecule has 1 unspecified atom stereocenters. The van der Waals surface area contributed by atoms with Gasteiger partial charge in [-0.15, -0.1) is 0 Å². The quantitative estimate of drug-likeness (QED) is 0.597. The van der Waals surface area contributed by atoms with Crippen LogP contribution in [-0.4, -0.2) is 53.0 Å². The molecule has 1 aliphatic rings. The summed E-state index contributed by atoms with van der Waals surface area (Å²) in [5, 5.41) is 0. The molecule has 1 atom stereocenters. The highest BCUT2D eigenvalue weighted by atomic mass is 32.2. The van der Waals surface area contributed by atoms with Crippen LogP contribution in [0.5, 0.6) is 0 Å². The van der Waals surface area contributed by atoms with Crippen LogP contribution in [0.25, 0.3) is 0 Å². The molecule has 1 fully saturated rings. The molecule has 3 rings (SSSR count). The number of sulfonamides is 2. The Morgan fingerprint density at radius 2 is 1.94 bits per heavy atom. The maximum absolute atomic E-state index is 13.0. The van der Waals surface area contributed by atoms with E-state index in [4.69, 9.17) is 4.42 Å². The van der Waals surface area contributed by atoms with Gasteiger partial charge in [0.15, 0.2) is 0 Å². The van der Waals surface area contributed by atoms with Crippen molar-refractivity contribution < 1.29 is 26.0 Å². The van der Waals surface area contributed by atoms with Gasteiger partial charge in [0.05, 0.1) is 28.6 Å². The van der Waals surface area contributed by atoms with E-state index in [9.17, 15) is 21.6 Å². The second-order valence-corrected chi connectivity index (χ2v) is 11.0. The lowest BCUT2D eigenvalue weighted by Gasteiger charge is -2.28. The molecule has 2 heterocycles. The average molecular weight is 470 g/mol. The van der Waals surface area contributed by atoms with Crippen LogP contribution in [0.2, 0.25) is 0 Å². The molecule has 2 aromatic rings. The van der Waals surface area contributed by atoms with Crippen molar-refractivity contribution in [3.8, 4) is 0 Å². The molecule has 0 saturated carbocycles. The summed E-state index contributed by atoms with van der Waals surface area (Å²) in [4.78, 5) is 14.1. The molecule has 1 aromatic heterocycles. The largest absolute Gasteiger partial charge is 0.468 e. The van der Waals surface area contributed by atoms with Crippen molar-refractivity contribution in [1.29, 1.82) is 0 Å². The number of aryl methyl sites for hydroxylation is 1. The molecule has 0 aliphatic carbocycles. The van der Waals surface area contributed by atoms with E-state index in [1.807, 2.05) is 19.9 Å². The van der Waals surface area contributed by atoms with Gasteiger partial charge in [0, 0.05) is 13.0 Å². The van der Waals surface area contributed by atoms with Gasteiger partial charge in [-0.2, -0.15) is 0 Å². The zero-order chi connectivity index (χ0) is 22.8. The Labute approximate surface area is 183 Å². The first-order valence-corrected chi connectivity index (χ1v) is 13.1. The number of amides is 1. The minimum atomic E-state index is -3.88. The summed E-state index contributed by atoms with van der Waals surface area (Å²) in [7, 11) is -7.59. The van der Waals surface area contributed by atoms with E-state index in [1.54, 1.807) is 19.3 Å². The first-order valence-electron chi connectivity index (χ1n) is 10.0. The minimum absolute atomic E-state index is 0.0260. The van der Waals surface area contributed by atoms with E-state index in [2.05, 4.69) is 9.62 Å². The lowest BCUT2D eigenvalue weighted by molar-refractivity contribution is -0.116. The topological polar surface area (TPSA) is 117 Å². The van der Waals surface area contributed by atoms with Crippen LogP contribution in [0.15, 0.2) is 45.9 Å². The van der Waals surface area contributed by atoms with Crippen LogP contribution >= 0.6 is 0 Å². The number of likely N-dealkylation sites (N-methyl/N-ethyl adjacent to an activating group) is 1. The molecule has 1 N–H and O–H groups in total. The first-order chi connectivity index (χ1) is 14.6. The maximum atomic E-state index is 13.0. The normalized spacial score (nSPS) is 17.4. The summed E-state index contributed by atoms with van der Waals surface area (Å²) in [5.41, 5.74) is 0.493. The van der Waals surface area contributed by atoms with Gasteiger partial charge in [0.1, 0.15) is 5.76 Å². The highest BCUT2D eigenvalue weighted by Crippen LogP contribution is 2.29. The van der Waals surface area contributed by atoms with E-state index in [0.717, 1.165) is 17.4 Å². The number of nitrogens with one attached hydrogen (secondary N) is 1. The molecule has 11 heteroatoms. The number of anilines is 1. The molecule has 0 bridgehead atoms. The predicted molar refractivity (Wildman–Crippen MR) is 117 cm³/mol. The molecule has 1 aliphatic heterocycles. The van der Waals surface area contributed by atoms with Crippen molar-refractivity contribution in [2.75, 3.05) is 29.7 Å². The van der Waals surface area contributed by atoms with Crippen molar-refractivity contribution in [3.63, 3.8) is 0 Å². The van der Waals surface area contributed by atoms with Gasteiger partial charge < -0.3 is 4.42 Å². The van der Waals surface area contributed by atoms with Crippen molar-refractivity contribution >= 4 is 31.6 Å². The number of rotatable bonds is 9. The zero-order valence-electron chi connectivity index (χ0n) is 17.7. The maximum Gasteiger partial charge on any atom is 0.242 e. The monoisotopic (exact) mass is 469 g/mol. The van der Waals surface area contributed by atoms with Crippen molar-refractivity contribution in [3.05, 3.63) is 47.9 Å². The third-order valence-electron chi connectivity index (χ3n) is 5.35. The second kappa shape index (κ2) is 9.11. The number of hydrogen-bond acceptors (Lipinski definition) is 7. The third-order valence-corrected chi connectivity index (χ3v) is 8.63. The average Bonchev–Trinajstić information content (AvgIpc) is 3.32. The van der Waals surface area contributed by atoms with Gasteiger partial charge in [-0.3, -0.25) is 9.69 Å². The Morgan fingerprint density at radius 1 is 1.23 bits per heavy atom. The molecule has 9 nitrogen and oxygen atoms in total. The van der Waals surface area contributed by atoms with Gasteiger partial charge in [0.2, 0.25) is 26.0 Å². The summed E-state index contributed by atoms with van der Waals surface area (Å²) in [6.07, 6.45) is 1.47. The number of benzene rings is 1. The van der Waals surface area contributed by atoms with Crippen LogP contribution in [0.3, 0.4) is 0 Å². The van der Waals surface area contributed by atoms with Crippen molar-refractivity contribution in [2.45, 2.75) is 38.1 Å². The third kappa shape index (κ3) is 4.84. The van der Waals surface area contributed by atoms with Gasteiger partial charge in [-0.25, -0.2) is 25.9 Å². The molecule has 0 radical (unpaired) electrons. The standard InChI is InChI=1S/C20H27N3O6S2/c1-4-22(5-2)17(18-7-6-11-29-18)14-21-31(27,28)19-9-8-16(13-15(19)3)23-20(24)10-12-30(23,25)26/h6-9,11,13,17,21H,4-5,10,12,14H2,1-3H3. The summed E-state index contributed by atoms with van der Waals surface area (Å²) in [5.74, 6) is -0.101. The predicted octanol–water partition coefficient (Wildman–Crippen LogP) is 2.02. The Bertz CT molecular complexity index is 1140. The van der Waals surface area contributed by atoms with Crippen molar-refractivity contribution in [2.24, 2.45) is 0 Å². The van der Waals surface area contributed by atoms with E-state index in [1.165, 1.54) is 18.2 Å². The van der Waals surface area contributed by atoms with Crippen LogP contribution in [0.1, 0.15) is 37.6 Å². The van der Waals surface area contributed by atoms with Crippen LogP contribution in [0, 0.1) is 6.92 Å². The lowest BCUT2D eigenvalue weighted by atomic mass is 10.2. The fourth-order valence-electron chi connectivity index (χ4n) is 3.75. The number of carbonyl (C=O) groups is 1. The zero-order valence-corrected chi connectivity index (χ0v) is 19.4. The smallest absolute Gasteiger partial charge is 0.242 e. The minimum Gasteiger partial charge on any atom is -0.468 e. The van der Waals surface area contributed by atoms with Gasteiger partial charge in [-0.1, -0.05) is 13.8 Å². The second-order valence-electron chi connectivity index (χ2n) is 7.28. The molecule has 170 valence electrons. The molecule has 1 aromatic carbocycles. The fraction of sp³-hybridized carbons (Fsp3) is 0.450. The van der Waals surface area contributed by atoms with E-state index >= 15 is 0 Å². The van der Waals surface area contributed by atoms with Crippen LogP contribution < -0.4 is 9.03 Å². The van der Waals surface area contributed by atoms with Crippen LogP contribution in [0.4, 0.5) is 5.69 Å². The molecular weight excluding hydrogens is 442 g/mol. The Morgan fingerprint density at radius 3 is 2.45 bits per heavy atom. The molecule has 1 saturated heterocycles. The Hall–Kier alpha value is -2.21. The van der Waals surface area contributed by atoms with Crippen molar-refractivity contribution in [1.82, 2.24) is 9.62 Å².